The lowest BCUT2D eigenvalue weighted by molar-refractivity contribution is -0.140. The maximum absolute atomic E-state index is 14.1. The fraction of sp³-hybridized carbons (Fsp3) is 0.355. The second kappa shape index (κ2) is 14.0. The lowest BCUT2D eigenvalue weighted by atomic mass is 9.94. The van der Waals surface area contributed by atoms with Crippen molar-refractivity contribution in [2.24, 2.45) is 0 Å². The van der Waals surface area contributed by atoms with Crippen molar-refractivity contribution in [2.45, 2.75) is 57.2 Å². The number of benzene rings is 3. The summed E-state index contributed by atoms with van der Waals surface area (Å²) in [4.78, 5) is 29.4. The van der Waals surface area contributed by atoms with Crippen molar-refractivity contribution in [2.75, 3.05) is 17.1 Å². The highest BCUT2D eigenvalue weighted by atomic mass is 35.5. The molecule has 1 N–H and O–H groups in total. The first kappa shape index (κ1) is 30.5. The molecule has 0 aromatic heterocycles. The highest BCUT2D eigenvalue weighted by molar-refractivity contribution is 7.92. The van der Waals surface area contributed by atoms with Gasteiger partial charge in [0, 0.05) is 24.0 Å². The summed E-state index contributed by atoms with van der Waals surface area (Å²) in [6.45, 7) is -0.583. The van der Waals surface area contributed by atoms with Crippen LogP contribution < -0.4 is 9.62 Å². The van der Waals surface area contributed by atoms with Crippen molar-refractivity contribution in [1.82, 2.24) is 10.2 Å². The maximum atomic E-state index is 14.1. The fourth-order valence-electron chi connectivity index (χ4n) is 5.18. The molecule has 0 radical (unpaired) electrons. The number of carbonyl (C=O) groups excluding carboxylic acids is 2. The summed E-state index contributed by atoms with van der Waals surface area (Å²) >= 11 is 6.24. The summed E-state index contributed by atoms with van der Waals surface area (Å²) in [6, 6.07) is 20.5. The van der Waals surface area contributed by atoms with Crippen LogP contribution in [0.25, 0.3) is 0 Å². The van der Waals surface area contributed by atoms with E-state index >= 15 is 0 Å². The maximum Gasteiger partial charge on any atom is 0.244 e. The van der Waals surface area contributed by atoms with Gasteiger partial charge in [-0.2, -0.15) is 0 Å². The van der Waals surface area contributed by atoms with Gasteiger partial charge >= 0.3 is 0 Å². The minimum Gasteiger partial charge on any atom is -0.352 e. The lowest BCUT2D eigenvalue weighted by Gasteiger charge is -2.35. The number of halogens is 2. The number of anilines is 1. The van der Waals surface area contributed by atoms with Crippen molar-refractivity contribution in [3.8, 4) is 0 Å². The molecule has 0 saturated heterocycles. The Labute approximate surface area is 246 Å². The van der Waals surface area contributed by atoms with E-state index in [-0.39, 0.29) is 30.6 Å². The number of hydrogen-bond acceptors (Lipinski definition) is 4. The van der Waals surface area contributed by atoms with Crippen LogP contribution in [0.3, 0.4) is 0 Å². The van der Waals surface area contributed by atoms with Gasteiger partial charge in [-0.3, -0.25) is 13.9 Å². The van der Waals surface area contributed by atoms with Gasteiger partial charge in [0.2, 0.25) is 21.8 Å². The second-order valence-electron chi connectivity index (χ2n) is 10.5. The van der Waals surface area contributed by atoms with Gasteiger partial charge in [-0.1, -0.05) is 79.4 Å². The Morgan fingerprint density at radius 2 is 1.63 bits per heavy atom. The lowest BCUT2D eigenvalue weighted by Crippen LogP contribution is -2.55. The first-order valence-electron chi connectivity index (χ1n) is 13.7. The Balaban J connectivity index is 1.72. The highest BCUT2D eigenvalue weighted by Crippen LogP contribution is 2.23. The van der Waals surface area contributed by atoms with Crippen LogP contribution in [0.1, 0.15) is 43.2 Å². The zero-order valence-electron chi connectivity index (χ0n) is 23.0. The van der Waals surface area contributed by atoms with E-state index in [1.807, 2.05) is 30.3 Å². The molecule has 1 saturated carbocycles. The van der Waals surface area contributed by atoms with Crippen LogP contribution in [-0.2, 0) is 32.6 Å². The molecular weight excluding hydrogens is 565 g/mol. The molecule has 0 spiro atoms. The zero-order valence-corrected chi connectivity index (χ0v) is 24.6. The van der Waals surface area contributed by atoms with Gasteiger partial charge in [-0.25, -0.2) is 12.8 Å². The molecule has 1 aliphatic rings. The van der Waals surface area contributed by atoms with Crippen molar-refractivity contribution >= 4 is 39.1 Å². The summed E-state index contributed by atoms with van der Waals surface area (Å²) in [5, 5.41) is 3.63. The van der Waals surface area contributed by atoms with E-state index < -0.39 is 34.3 Å². The molecular formula is C31H35ClFN3O4S. The number of rotatable bonds is 11. The number of nitrogens with one attached hydrogen (secondary N) is 1. The van der Waals surface area contributed by atoms with E-state index in [0.29, 0.717) is 10.6 Å². The average Bonchev–Trinajstić information content (AvgIpc) is 2.94. The van der Waals surface area contributed by atoms with Crippen LogP contribution in [0.5, 0.6) is 0 Å². The van der Waals surface area contributed by atoms with Gasteiger partial charge in [-0.05, 0) is 54.3 Å². The predicted molar refractivity (Wildman–Crippen MR) is 160 cm³/mol. The second-order valence-corrected chi connectivity index (χ2v) is 12.8. The van der Waals surface area contributed by atoms with Crippen LogP contribution in [0.15, 0.2) is 78.9 Å². The predicted octanol–water partition coefficient (Wildman–Crippen LogP) is 5.33. The Morgan fingerprint density at radius 1 is 0.951 bits per heavy atom. The minimum atomic E-state index is -3.97. The first-order chi connectivity index (χ1) is 19.6. The average molecular weight is 600 g/mol. The quantitative estimate of drug-likeness (QED) is 0.323. The topological polar surface area (TPSA) is 86.8 Å². The molecule has 3 aromatic rings. The summed E-state index contributed by atoms with van der Waals surface area (Å²) in [5.74, 6) is -1.53. The molecule has 3 aromatic carbocycles. The molecule has 0 aliphatic heterocycles. The van der Waals surface area contributed by atoms with Gasteiger partial charge in [0.15, 0.2) is 0 Å². The third kappa shape index (κ3) is 8.78. The number of hydrogen-bond donors (Lipinski definition) is 1. The molecule has 41 heavy (non-hydrogen) atoms. The minimum absolute atomic E-state index is 0.0115. The SMILES string of the molecule is CS(=O)(=O)N(CC(=O)N(Cc1cccc(Cl)c1)[C@H](Cc1ccccc1)C(=O)NC1CCCCC1)c1cccc(F)c1. The summed E-state index contributed by atoms with van der Waals surface area (Å²) < 4.78 is 40.5. The number of nitrogens with zero attached hydrogens (tertiary/aromatic N) is 2. The smallest absolute Gasteiger partial charge is 0.244 e. The first-order valence-corrected chi connectivity index (χ1v) is 15.9. The molecule has 218 valence electrons. The Kier molecular flexibility index (Phi) is 10.4. The molecule has 10 heteroatoms. The van der Waals surface area contributed by atoms with E-state index in [2.05, 4.69) is 5.32 Å². The molecule has 0 bridgehead atoms. The van der Waals surface area contributed by atoms with Crippen LogP contribution >= 0.6 is 11.6 Å². The molecule has 1 atom stereocenters. The van der Waals surface area contributed by atoms with Crippen molar-refractivity contribution in [3.05, 3.63) is 101 Å². The van der Waals surface area contributed by atoms with Gasteiger partial charge < -0.3 is 10.2 Å². The molecule has 7 nitrogen and oxygen atoms in total. The van der Waals surface area contributed by atoms with Gasteiger partial charge in [0.05, 0.1) is 11.9 Å². The number of carbonyl (C=O) groups is 2. The largest absolute Gasteiger partial charge is 0.352 e. The van der Waals surface area contributed by atoms with Gasteiger partial charge in [-0.15, -0.1) is 0 Å². The highest BCUT2D eigenvalue weighted by Gasteiger charge is 2.34. The monoisotopic (exact) mass is 599 g/mol. The van der Waals surface area contributed by atoms with Crippen LogP contribution in [0, 0.1) is 5.82 Å². The van der Waals surface area contributed by atoms with Gasteiger partial charge in [0.1, 0.15) is 18.4 Å². The van der Waals surface area contributed by atoms with Crippen LogP contribution in [0.2, 0.25) is 5.02 Å². The number of sulfonamides is 1. The van der Waals surface area contributed by atoms with Crippen molar-refractivity contribution in [3.63, 3.8) is 0 Å². The molecule has 1 fully saturated rings. The molecule has 2 amide bonds. The molecule has 0 unspecified atom stereocenters. The third-order valence-electron chi connectivity index (χ3n) is 7.24. The van der Waals surface area contributed by atoms with E-state index in [1.54, 1.807) is 24.3 Å². The van der Waals surface area contributed by atoms with E-state index in [9.17, 15) is 22.4 Å². The molecule has 1 aliphatic carbocycles. The molecule has 4 rings (SSSR count). The third-order valence-corrected chi connectivity index (χ3v) is 8.62. The summed E-state index contributed by atoms with van der Waals surface area (Å²) in [6.07, 6.45) is 6.10. The molecule has 0 heterocycles. The van der Waals surface area contributed by atoms with Crippen LogP contribution in [0.4, 0.5) is 10.1 Å². The Hall–Kier alpha value is -3.43. The Morgan fingerprint density at radius 3 is 2.29 bits per heavy atom. The Bertz CT molecular complexity index is 1450. The van der Waals surface area contributed by atoms with E-state index in [1.165, 1.54) is 23.1 Å². The van der Waals surface area contributed by atoms with Crippen molar-refractivity contribution in [1.29, 1.82) is 0 Å². The van der Waals surface area contributed by atoms with E-state index in [4.69, 9.17) is 11.6 Å². The van der Waals surface area contributed by atoms with Crippen molar-refractivity contribution < 1.29 is 22.4 Å². The standard InChI is InChI=1S/C31H35ClFN3O4S/c1-41(39,40)36(28-17-9-14-26(33)20-28)22-30(37)35(21-24-12-8-13-25(32)18-24)29(19-23-10-4-2-5-11-23)31(38)34-27-15-6-3-7-16-27/h2,4-5,8-14,17-18,20,27,29H,3,6-7,15-16,19,21-22H2,1H3,(H,34,38)/t29-/m1/s1. The number of amides is 2. The van der Waals surface area contributed by atoms with Gasteiger partial charge in [0.25, 0.3) is 0 Å². The summed E-state index contributed by atoms with van der Waals surface area (Å²) in [5.41, 5.74) is 1.56. The fourth-order valence-corrected chi connectivity index (χ4v) is 6.23. The van der Waals surface area contributed by atoms with Crippen LogP contribution in [-0.4, -0.2) is 50.0 Å². The normalized spacial score (nSPS) is 14.7. The summed E-state index contributed by atoms with van der Waals surface area (Å²) in [7, 11) is -3.97. The zero-order chi connectivity index (χ0) is 29.4. The van der Waals surface area contributed by atoms with E-state index in [0.717, 1.165) is 54.3 Å².